The van der Waals surface area contributed by atoms with Gasteiger partial charge in [0, 0.05) is 17.3 Å². The molecule has 0 N–H and O–H groups in total. The van der Waals surface area contributed by atoms with Crippen LogP contribution in [0, 0.1) is 0 Å². The van der Waals surface area contributed by atoms with E-state index >= 15 is 0 Å². The van der Waals surface area contributed by atoms with Crippen molar-refractivity contribution in [1.29, 1.82) is 0 Å². The molecule has 0 aliphatic heterocycles. The number of imidazole rings is 1. The van der Waals surface area contributed by atoms with E-state index in [-0.39, 0.29) is 0 Å². The van der Waals surface area contributed by atoms with Crippen LogP contribution in [-0.4, -0.2) is 22.5 Å². The van der Waals surface area contributed by atoms with Crippen molar-refractivity contribution in [3.63, 3.8) is 0 Å². The van der Waals surface area contributed by atoms with Gasteiger partial charge in [-0.15, -0.1) is 11.6 Å². The van der Waals surface area contributed by atoms with Gasteiger partial charge < -0.3 is 4.74 Å². The molecule has 108 valence electrons. The zero-order valence-electron chi connectivity index (χ0n) is 11.5. The number of nitrogens with zero attached hydrogens (tertiary/aromatic N) is 2. The van der Waals surface area contributed by atoms with E-state index in [9.17, 15) is 0 Å². The van der Waals surface area contributed by atoms with E-state index in [4.69, 9.17) is 27.9 Å². The van der Waals surface area contributed by atoms with Crippen LogP contribution in [0.1, 0.15) is 5.82 Å². The summed E-state index contributed by atoms with van der Waals surface area (Å²) < 4.78 is 7.52. The number of hydrogen-bond acceptors (Lipinski definition) is 2. The van der Waals surface area contributed by atoms with Crippen molar-refractivity contribution in [1.82, 2.24) is 9.55 Å². The predicted octanol–water partition coefficient (Wildman–Crippen LogP) is 4.47. The molecule has 2 aromatic carbocycles. The quantitative estimate of drug-likeness (QED) is 0.663. The van der Waals surface area contributed by atoms with Gasteiger partial charge in [0.1, 0.15) is 11.6 Å². The van der Waals surface area contributed by atoms with Crippen LogP contribution >= 0.6 is 23.2 Å². The molecule has 21 heavy (non-hydrogen) atoms. The summed E-state index contributed by atoms with van der Waals surface area (Å²) in [4.78, 5) is 4.66. The van der Waals surface area contributed by atoms with Gasteiger partial charge in [-0.05, 0) is 30.3 Å². The van der Waals surface area contributed by atoms with E-state index in [1.54, 1.807) is 7.11 Å². The highest BCUT2D eigenvalue weighted by atomic mass is 35.5. The van der Waals surface area contributed by atoms with Gasteiger partial charge in [0.15, 0.2) is 0 Å². The fourth-order valence-electron chi connectivity index (χ4n) is 2.43. The number of alkyl halides is 1. The molecule has 0 amide bonds. The fourth-order valence-corrected chi connectivity index (χ4v) is 2.77. The summed E-state index contributed by atoms with van der Waals surface area (Å²) in [6.07, 6.45) is 0.673. The van der Waals surface area contributed by atoms with Gasteiger partial charge in [0.05, 0.1) is 23.8 Å². The number of hydrogen-bond donors (Lipinski definition) is 0. The molecule has 3 aromatic rings. The molecule has 0 aliphatic rings. The first-order valence-corrected chi connectivity index (χ1v) is 7.52. The Morgan fingerprint density at radius 1 is 1.19 bits per heavy atom. The second kappa shape index (κ2) is 5.96. The molecule has 0 radical (unpaired) electrons. The molecule has 0 spiro atoms. The van der Waals surface area contributed by atoms with Crippen LogP contribution < -0.4 is 4.74 Å². The first-order chi connectivity index (χ1) is 10.2. The van der Waals surface area contributed by atoms with Gasteiger partial charge in [0.25, 0.3) is 0 Å². The van der Waals surface area contributed by atoms with Gasteiger partial charge in [0.2, 0.25) is 0 Å². The monoisotopic (exact) mass is 320 g/mol. The number of ether oxygens (including phenoxy) is 1. The van der Waals surface area contributed by atoms with E-state index in [1.807, 2.05) is 42.5 Å². The number of benzene rings is 2. The number of para-hydroxylation sites is 2. The summed E-state index contributed by atoms with van der Waals surface area (Å²) >= 11 is 12.1. The minimum atomic E-state index is 0.506. The molecule has 0 bridgehead atoms. The molecule has 0 atom stereocenters. The van der Waals surface area contributed by atoms with E-state index in [0.717, 1.165) is 28.3 Å². The molecular formula is C16H14Cl2N2O. The average Bonchev–Trinajstić information content (AvgIpc) is 2.84. The van der Waals surface area contributed by atoms with E-state index in [1.165, 1.54) is 0 Å². The van der Waals surface area contributed by atoms with Gasteiger partial charge in [-0.1, -0.05) is 23.7 Å². The maximum atomic E-state index is 6.14. The van der Waals surface area contributed by atoms with E-state index < -0.39 is 0 Å². The van der Waals surface area contributed by atoms with Crippen molar-refractivity contribution in [2.24, 2.45) is 0 Å². The van der Waals surface area contributed by atoms with E-state index in [2.05, 4.69) is 9.55 Å². The molecule has 3 nitrogen and oxygen atoms in total. The summed E-state index contributed by atoms with van der Waals surface area (Å²) in [5, 5.41) is 0.677. The Balaban J connectivity index is 2.32. The van der Waals surface area contributed by atoms with Crippen LogP contribution in [0.2, 0.25) is 5.02 Å². The van der Waals surface area contributed by atoms with Crippen molar-refractivity contribution in [3.8, 4) is 11.4 Å². The summed E-state index contributed by atoms with van der Waals surface area (Å²) in [5.74, 6) is 2.19. The van der Waals surface area contributed by atoms with Crippen molar-refractivity contribution < 1.29 is 4.74 Å². The highest BCUT2D eigenvalue weighted by Gasteiger charge is 2.15. The fraction of sp³-hybridized carbons (Fsp3) is 0.188. The Bertz CT molecular complexity index is 783. The Morgan fingerprint density at radius 2 is 2.00 bits per heavy atom. The number of rotatable bonds is 4. The number of methoxy groups -OCH3 is 1. The third kappa shape index (κ3) is 2.59. The lowest BCUT2D eigenvalue weighted by molar-refractivity contribution is 0.413. The molecule has 1 aromatic heterocycles. The third-order valence-corrected chi connectivity index (χ3v) is 3.75. The average molecular weight is 321 g/mol. The smallest absolute Gasteiger partial charge is 0.142 e. The zero-order chi connectivity index (χ0) is 14.8. The van der Waals surface area contributed by atoms with E-state index in [0.29, 0.717) is 17.3 Å². The first-order valence-electron chi connectivity index (χ1n) is 6.61. The van der Waals surface area contributed by atoms with Crippen LogP contribution in [0.15, 0.2) is 42.5 Å². The van der Waals surface area contributed by atoms with Gasteiger partial charge >= 0.3 is 0 Å². The molecular weight excluding hydrogens is 307 g/mol. The van der Waals surface area contributed by atoms with Crippen LogP contribution in [-0.2, 0) is 6.42 Å². The van der Waals surface area contributed by atoms with Gasteiger partial charge in [-0.3, -0.25) is 4.57 Å². The summed E-state index contributed by atoms with van der Waals surface area (Å²) in [7, 11) is 1.66. The third-order valence-electron chi connectivity index (χ3n) is 3.33. The first kappa shape index (κ1) is 14.2. The minimum Gasteiger partial charge on any atom is -0.495 e. The maximum Gasteiger partial charge on any atom is 0.142 e. The topological polar surface area (TPSA) is 27.1 Å². The van der Waals surface area contributed by atoms with Crippen molar-refractivity contribution >= 4 is 34.2 Å². The van der Waals surface area contributed by atoms with Gasteiger partial charge in [-0.25, -0.2) is 4.98 Å². The van der Waals surface area contributed by atoms with Crippen molar-refractivity contribution in [2.75, 3.05) is 13.0 Å². The lowest BCUT2D eigenvalue weighted by atomic mass is 10.2. The summed E-state index contributed by atoms with van der Waals surface area (Å²) in [6.45, 7) is 0. The highest BCUT2D eigenvalue weighted by molar-refractivity contribution is 6.31. The zero-order valence-corrected chi connectivity index (χ0v) is 13.0. The molecule has 5 heteroatoms. The molecule has 0 saturated heterocycles. The lowest BCUT2D eigenvalue weighted by Crippen LogP contribution is -2.04. The number of fused-ring (bicyclic) bond motifs is 1. The molecule has 0 unspecified atom stereocenters. The van der Waals surface area contributed by atoms with Crippen molar-refractivity contribution in [2.45, 2.75) is 6.42 Å². The second-order valence-electron chi connectivity index (χ2n) is 4.61. The summed E-state index contributed by atoms with van der Waals surface area (Å²) in [5.41, 5.74) is 2.78. The minimum absolute atomic E-state index is 0.506. The summed E-state index contributed by atoms with van der Waals surface area (Å²) in [6, 6.07) is 13.5. The van der Waals surface area contributed by atoms with Crippen LogP contribution in [0.25, 0.3) is 16.7 Å². The SMILES string of the molecule is COc1ccccc1-n1c(CCCl)nc2ccc(Cl)cc21. The molecule has 0 saturated carbocycles. The Hall–Kier alpha value is -1.71. The van der Waals surface area contributed by atoms with Crippen molar-refractivity contribution in [3.05, 3.63) is 53.3 Å². The largest absolute Gasteiger partial charge is 0.495 e. The standard InChI is InChI=1S/C16H14Cl2N2O/c1-21-15-5-3-2-4-13(15)20-14-10-11(18)6-7-12(14)19-16(20)8-9-17/h2-7,10H,8-9H2,1H3. The Morgan fingerprint density at radius 3 is 2.76 bits per heavy atom. The Labute approximate surface area is 133 Å². The molecule has 0 aliphatic carbocycles. The molecule has 0 fully saturated rings. The molecule has 3 rings (SSSR count). The number of aromatic nitrogens is 2. The second-order valence-corrected chi connectivity index (χ2v) is 5.42. The number of aryl methyl sites for hydroxylation is 1. The van der Waals surface area contributed by atoms with Crippen LogP contribution in [0.4, 0.5) is 0 Å². The lowest BCUT2D eigenvalue weighted by Gasteiger charge is -2.12. The normalized spacial score (nSPS) is 11.0. The predicted molar refractivity (Wildman–Crippen MR) is 87.1 cm³/mol. The van der Waals surface area contributed by atoms with Crippen LogP contribution in [0.3, 0.4) is 0 Å². The highest BCUT2D eigenvalue weighted by Crippen LogP contribution is 2.30. The number of halogens is 2. The van der Waals surface area contributed by atoms with Gasteiger partial charge in [-0.2, -0.15) is 0 Å². The Kier molecular flexibility index (Phi) is 4.04. The molecule has 1 heterocycles. The van der Waals surface area contributed by atoms with Crippen LogP contribution in [0.5, 0.6) is 5.75 Å². The maximum absolute atomic E-state index is 6.14.